The van der Waals surface area contributed by atoms with Gasteiger partial charge in [0.15, 0.2) is 0 Å². The quantitative estimate of drug-likeness (QED) is 0.752. The van der Waals surface area contributed by atoms with Crippen LogP contribution in [0, 0.1) is 0 Å². The molecule has 0 aliphatic rings. The van der Waals surface area contributed by atoms with E-state index in [-0.39, 0.29) is 23.9 Å². The number of nitrogens with zero attached hydrogens (tertiary/aromatic N) is 1. The van der Waals surface area contributed by atoms with Crippen molar-refractivity contribution in [3.05, 3.63) is 42.2 Å². The van der Waals surface area contributed by atoms with Gasteiger partial charge in [0.25, 0.3) is 0 Å². The monoisotopic (exact) mass is 233 g/mol. The first kappa shape index (κ1) is 11.1. The van der Waals surface area contributed by atoms with E-state index in [1.54, 1.807) is 6.20 Å². The molecule has 3 N–H and O–H groups in total. The van der Waals surface area contributed by atoms with Gasteiger partial charge >= 0.3 is 0 Å². The zero-order valence-corrected chi connectivity index (χ0v) is 8.87. The SMILES string of the molecule is Oc1cncc(COc2cc(O)cc(O)c2)c1. The highest BCUT2D eigenvalue weighted by Gasteiger charge is 2.01. The summed E-state index contributed by atoms with van der Waals surface area (Å²) in [5.74, 6) is 0.249. The first-order chi connectivity index (χ1) is 8.13. The maximum absolute atomic E-state index is 9.24. The van der Waals surface area contributed by atoms with E-state index in [4.69, 9.17) is 4.74 Å². The average molecular weight is 233 g/mol. The van der Waals surface area contributed by atoms with Crippen LogP contribution in [0.3, 0.4) is 0 Å². The summed E-state index contributed by atoms with van der Waals surface area (Å²) < 4.78 is 5.34. The zero-order chi connectivity index (χ0) is 12.3. The minimum absolute atomic E-state index is 0.0601. The molecule has 5 nitrogen and oxygen atoms in total. The van der Waals surface area contributed by atoms with Crippen molar-refractivity contribution in [2.24, 2.45) is 0 Å². The van der Waals surface area contributed by atoms with Crippen LogP contribution in [0.2, 0.25) is 0 Å². The van der Waals surface area contributed by atoms with E-state index < -0.39 is 0 Å². The number of aromatic hydroxyl groups is 3. The summed E-state index contributed by atoms with van der Waals surface area (Å²) >= 11 is 0. The lowest BCUT2D eigenvalue weighted by Gasteiger charge is -2.07. The summed E-state index contributed by atoms with van der Waals surface area (Å²) in [5, 5.41) is 27.7. The summed E-state index contributed by atoms with van der Waals surface area (Å²) in [7, 11) is 0. The van der Waals surface area contributed by atoms with E-state index >= 15 is 0 Å². The van der Waals surface area contributed by atoms with Crippen LogP contribution in [0.5, 0.6) is 23.0 Å². The molecule has 17 heavy (non-hydrogen) atoms. The van der Waals surface area contributed by atoms with E-state index in [1.807, 2.05) is 0 Å². The topological polar surface area (TPSA) is 82.8 Å². The van der Waals surface area contributed by atoms with Crippen LogP contribution in [-0.2, 0) is 6.61 Å². The van der Waals surface area contributed by atoms with Gasteiger partial charge in [-0.1, -0.05) is 0 Å². The van der Waals surface area contributed by atoms with Crippen LogP contribution in [0.4, 0.5) is 0 Å². The van der Waals surface area contributed by atoms with Crippen molar-refractivity contribution in [1.82, 2.24) is 4.98 Å². The fourth-order valence-corrected chi connectivity index (χ4v) is 1.37. The van der Waals surface area contributed by atoms with Gasteiger partial charge in [0.2, 0.25) is 0 Å². The Bertz CT molecular complexity index is 507. The molecule has 0 fully saturated rings. The van der Waals surface area contributed by atoms with Crippen molar-refractivity contribution >= 4 is 0 Å². The number of rotatable bonds is 3. The van der Waals surface area contributed by atoms with Crippen molar-refractivity contribution < 1.29 is 20.1 Å². The third kappa shape index (κ3) is 3.01. The van der Waals surface area contributed by atoms with Gasteiger partial charge in [0.1, 0.15) is 29.6 Å². The highest BCUT2D eigenvalue weighted by molar-refractivity contribution is 5.40. The van der Waals surface area contributed by atoms with Crippen LogP contribution in [0.25, 0.3) is 0 Å². The van der Waals surface area contributed by atoms with E-state index in [2.05, 4.69) is 4.98 Å². The Balaban J connectivity index is 2.07. The van der Waals surface area contributed by atoms with Crippen molar-refractivity contribution in [3.8, 4) is 23.0 Å². The molecule has 2 rings (SSSR count). The number of hydrogen-bond acceptors (Lipinski definition) is 5. The summed E-state index contributed by atoms with van der Waals surface area (Å²) in [6.07, 6.45) is 2.88. The maximum atomic E-state index is 9.24. The average Bonchev–Trinajstić information content (AvgIpc) is 2.25. The Hall–Kier alpha value is -2.43. The molecule has 0 spiro atoms. The largest absolute Gasteiger partial charge is 0.508 e. The number of hydrogen-bond donors (Lipinski definition) is 3. The lowest BCUT2D eigenvalue weighted by atomic mass is 10.3. The Labute approximate surface area is 97.6 Å². The molecule has 0 unspecified atom stereocenters. The summed E-state index contributed by atoms with van der Waals surface area (Å²) in [6.45, 7) is 0.185. The van der Waals surface area contributed by atoms with Crippen LogP contribution < -0.4 is 4.74 Å². The smallest absolute Gasteiger partial charge is 0.134 e. The Morgan fingerprint density at radius 2 is 1.59 bits per heavy atom. The molecule has 0 radical (unpaired) electrons. The third-order valence-electron chi connectivity index (χ3n) is 2.06. The van der Waals surface area contributed by atoms with Gasteiger partial charge < -0.3 is 20.1 Å². The van der Waals surface area contributed by atoms with Crippen LogP contribution in [0.1, 0.15) is 5.56 Å². The van der Waals surface area contributed by atoms with E-state index in [0.29, 0.717) is 11.3 Å². The van der Waals surface area contributed by atoms with Gasteiger partial charge in [-0.25, -0.2) is 0 Å². The molecular formula is C12H11NO4. The molecule has 1 aromatic carbocycles. The number of benzene rings is 1. The fourth-order valence-electron chi connectivity index (χ4n) is 1.37. The molecule has 0 saturated carbocycles. The first-order valence-electron chi connectivity index (χ1n) is 4.92. The normalized spacial score (nSPS) is 10.1. The molecule has 0 amide bonds. The minimum atomic E-state index is -0.0750. The van der Waals surface area contributed by atoms with Crippen LogP contribution >= 0.6 is 0 Å². The Morgan fingerprint density at radius 1 is 0.882 bits per heavy atom. The molecule has 0 bridgehead atoms. The van der Waals surface area contributed by atoms with Crippen molar-refractivity contribution in [2.75, 3.05) is 0 Å². The molecule has 0 aliphatic heterocycles. The Morgan fingerprint density at radius 3 is 2.24 bits per heavy atom. The summed E-state index contributed by atoms with van der Waals surface area (Å²) in [4.78, 5) is 3.80. The van der Waals surface area contributed by atoms with Crippen molar-refractivity contribution in [2.45, 2.75) is 6.61 Å². The molecule has 1 heterocycles. The van der Waals surface area contributed by atoms with Gasteiger partial charge in [-0.2, -0.15) is 0 Å². The van der Waals surface area contributed by atoms with E-state index in [9.17, 15) is 15.3 Å². The van der Waals surface area contributed by atoms with Gasteiger partial charge in [-0.05, 0) is 6.07 Å². The molecule has 88 valence electrons. The van der Waals surface area contributed by atoms with Gasteiger partial charge in [0.05, 0.1) is 6.20 Å². The molecule has 1 aromatic heterocycles. The minimum Gasteiger partial charge on any atom is -0.508 e. The molecular weight excluding hydrogens is 222 g/mol. The van der Waals surface area contributed by atoms with Gasteiger partial charge in [0, 0.05) is 30.0 Å². The number of pyridine rings is 1. The number of aromatic nitrogens is 1. The van der Waals surface area contributed by atoms with Crippen LogP contribution in [0.15, 0.2) is 36.7 Å². The number of phenols is 2. The first-order valence-corrected chi connectivity index (χ1v) is 4.92. The van der Waals surface area contributed by atoms with E-state index in [0.717, 1.165) is 0 Å². The standard InChI is InChI=1S/C12H11NO4/c14-9-2-10(15)4-12(3-9)17-7-8-1-11(16)6-13-5-8/h1-6,14-16H,7H2. The highest BCUT2D eigenvalue weighted by atomic mass is 16.5. The molecule has 5 heteroatoms. The predicted octanol–water partition coefficient (Wildman–Crippen LogP) is 1.78. The van der Waals surface area contributed by atoms with Crippen molar-refractivity contribution in [3.63, 3.8) is 0 Å². The third-order valence-corrected chi connectivity index (χ3v) is 2.06. The van der Waals surface area contributed by atoms with E-state index in [1.165, 1.54) is 30.5 Å². The molecule has 0 saturated heterocycles. The Kier molecular flexibility index (Phi) is 3.00. The second-order valence-electron chi connectivity index (χ2n) is 3.53. The lowest BCUT2D eigenvalue weighted by Crippen LogP contribution is -1.95. The zero-order valence-electron chi connectivity index (χ0n) is 8.87. The second-order valence-corrected chi connectivity index (χ2v) is 3.53. The molecule has 0 aliphatic carbocycles. The molecule has 0 atom stereocenters. The molecule has 2 aromatic rings. The fraction of sp³-hybridized carbons (Fsp3) is 0.0833. The maximum Gasteiger partial charge on any atom is 0.134 e. The van der Waals surface area contributed by atoms with Gasteiger partial charge in [-0.15, -0.1) is 0 Å². The predicted molar refractivity (Wildman–Crippen MR) is 60.0 cm³/mol. The summed E-state index contributed by atoms with van der Waals surface area (Å²) in [5.41, 5.74) is 0.688. The number of phenolic OH excluding ortho intramolecular Hbond substituents is 2. The highest BCUT2D eigenvalue weighted by Crippen LogP contribution is 2.26. The van der Waals surface area contributed by atoms with Crippen LogP contribution in [-0.4, -0.2) is 20.3 Å². The van der Waals surface area contributed by atoms with Crippen molar-refractivity contribution in [1.29, 1.82) is 0 Å². The van der Waals surface area contributed by atoms with Gasteiger partial charge in [-0.3, -0.25) is 4.98 Å². The summed E-state index contributed by atoms with van der Waals surface area (Å²) in [6, 6.07) is 5.50. The number of ether oxygens (including phenoxy) is 1. The second kappa shape index (κ2) is 4.61. The lowest BCUT2D eigenvalue weighted by molar-refractivity contribution is 0.301.